The number of fused-ring (bicyclic) bond motifs is 1. The number of aryl methyl sites for hydroxylation is 1. The van der Waals surface area contributed by atoms with Crippen LogP contribution in [0, 0.1) is 6.92 Å². The van der Waals surface area contributed by atoms with Gasteiger partial charge in [-0.3, -0.25) is 9.59 Å². The zero-order valence-corrected chi connectivity index (χ0v) is 14.9. The van der Waals surface area contributed by atoms with E-state index in [9.17, 15) is 9.59 Å². The largest absolute Gasteiger partial charge is 0.376 e. The lowest BCUT2D eigenvalue weighted by molar-refractivity contribution is -0.118. The highest BCUT2D eigenvalue weighted by Gasteiger charge is 2.29. The first-order valence-electron chi connectivity index (χ1n) is 8.16. The topological polar surface area (TPSA) is 61.4 Å². The fourth-order valence-electron chi connectivity index (χ4n) is 3.01. The predicted molar refractivity (Wildman–Crippen MR) is 101 cm³/mol. The van der Waals surface area contributed by atoms with Crippen molar-refractivity contribution in [3.05, 3.63) is 53.1 Å². The fraction of sp³-hybridized carbons (Fsp3) is 0.263. The summed E-state index contributed by atoms with van der Waals surface area (Å²) in [6, 6.07) is 12.6. The number of benzene rings is 2. The lowest BCUT2D eigenvalue weighted by atomic mass is 10.1. The van der Waals surface area contributed by atoms with Gasteiger partial charge in [-0.1, -0.05) is 29.8 Å². The molecule has 130 valence electrons. The molecule has 0 bridgehead atoms. The monoisotopic (exact) mass is 357 g/mol. The smallest absolute Gasteiger partial charge is 0.246 e. The molecule has 1 heterocycles. The minimum Gasteiger partial charge on any atom is -0.376 e. The van der Waals surface area contributed by atoms with Gasteiger partial charge in [-0.15, -0.1) is 0 Å². The number of nitrogens with zero attached hydrogens (tertiary/aromatic N) is 1. The van der Waals surface area contributed by atoms with E-state index in [1.165, 1.54) is 0 Å². The van der Waals surface area contributed by atoms with E-state index in [-0.39, 0.29) is 30.8 Å². The van der Waals surface area contributed by atoms with E-state index in [4.69, 9.17) is 11.6 Å². The van der Waals surface area contributed by atoms with Gasteiger partial charge in [0.05, 0.1) is 17.9 Å². The first-order valence-corrected chi connectivity index (χ1v) is 8.54. The van der Waals surface area contributed by atoms with Crippen molar-refractivity contribution in [1.29, 1.82) is 0 Å². The number of carbonyl (C=O) groups is 2. The Kier molecular flexibility index (Phi) is 4.95. The fourth-order valence-corrected chi connectivity index (χ4v) is 3.18. The van der Waals surface area contributed by atoms with E-state index in [2.05, 4.69) is 10.6 Å². The summed E-state index contributed by atoms with van der Waals surface area (Å²) < 4.78 is 0. The summed E-state index contributed by atoms with van der Waals surface area (Å²) in [7, 11) is 0. The average molecular weight is 358 g/mol. The van der Waals surface area contributed by atoms with Gasteiger partial charge in [-0.25, -0.2) is 0 Å². The minimum atomic E-state index is -0.224. The molecule has 3 rings (SSSR count). The van der Waals surface area contributed by atoms with Crippen LogP contribution in [0.15, 0.2) is 42.5 Å². The van der Waals surface area contributed by atoms with Crippen molar-refractivity contribution < 1.29 is 9.59 Å². The van der Waals surface area contributed by atoms with Crippen molar-refractivity contribution in [3.63, 3.8) is 0 Å². The molecule has 1 unspecified atom stereocenters. The van der Waals surface area contributed by atoms with Crippen LogP contribution >= 0.6 is 11.6 Å². The zero-order valence-electron chi connectivity index (χ0n) is 14.2. The molecular formula is C19H20ClN3O2. The van der Waals surface area contributed by atoms with E-state index in [0.29, 0.717) is 10.7 Å². The Morgan fingerprint density at radius 1 is 1.32 bits per heavy atom. The number of anilines is 3. The van der Waals surface area contributed by atoms with Crippen LogP contribution in [0.1, 0.15) is 18.9 Å². The molecule has 0 saturated heterocycles. The molecule has 1 aliphatic rings. The Bertz CT molecular complexity index is 822. The molecule has 5 nitrogen and oxygen atoms in total. The number of hydrogen-bond donors (Lipinski definition) is 2. The van der Waals surface area contributed by atoms with Crippen LogP contribution in [-0.4, -0.2) is 24.4 Å². The second-order valence-electron chi connectivity index (χ2n) is 6.20. The molecule has 0 radical (unpaired) electrons. The number of rotatable bonds is 3. The van der Waals surface area contributed by atoms with E-state index < -0.39 is 0 Å². The van der Waals surface area contributed by atoms with Crippen molar-refractivity contribution in [2.75, 3.05) is 22.1 Å². The molecule has 2 N–H and O–H groups in total. The van der Waals surface area contributed by atoms with Gasteiger partial charge in [0, 0.05) is 23.2 Å². The molecule has 0 fully saturated rings. The maximum atomic E-state index is 12.9. The Morgan fingerprint density at radius 3 is 2.88 bits per heavy atom. The standard InChI is InChI=1S/C19H20ClN3O2/c1-12-7-8-14(20)10-16(12)21-11-19(25)23-13(2)9-18(24)22-15-5-3-4-6-17(15)23/h3-8,10,13,21H,9,11H2,1-2H3,(H,22,24). The van der Waals surface area contributed by atoms with E-state index in [0.717, 1.165) is 16.9 Å². The SMILES string of the molecule is Cc1ccc(Cl)cc1NCC(=O)N1c2ccccc2NC(=O)CC1C. The Morgan fingerprint density at radius 2 is 2.08 bits per heavy atom. The maximum absolute atomic E-state index is 12.9. The highest BCUT2D eigenvalue weighted by atomic mass is 35.5. The number of carbonyl (C=O) groups excluding carboxylic acids is 2. The van der Waals surface area contributed by atoms with Gasteiger partial charge >= 0.3 is 0 Å². The van der Waals surface area contributed by atoms with Crippen LogP contribution < -0.4 is 15.5 Å². The summed E-state index contributed by atoms with van der Waals surface area (Å²) in [5.74, 6) is -0.190. The van der Waals surface area contributed by atoms with Crippen molar-refractivity contribution in [2.45, 2.75) is 26.3 Å². The third-order valence-electron chi connectivity index (χ3n) is 4.26. The van der Waals surface area contributed by atoms with Crippen LogP contribution in [-0.2, 0) is 9.59 Å². The van der Waals surface area contributed by atoms with E-state index in [1.807, 2.05) is 44.2 Å². The molecule has 0 saturated carbocycles. The number of para-hydroxylation sites is 2. The molecule has 1 aliphatic heterocycles. The zero-order chi connectivity index (χ0) is 18.0. The van der Waals surface area contributed by atoms with Crippen LogP contribution in [0.5, 0.6) is 0 Å². The van der Waals surface area contributed by atoms with Crippen LogP contribution in [0.25, 0.3) is 0 Å². The van der Waals surface area contributed by atoms with Crippen LogP contribution in [0.4, 0.5) is 17.1 Å². The molecule has 2 amide bonds. The van der Waals surface area contributed by atoms with Gasteiger partial charge in [0.1, 0.15) is 0 Å². The first kappa shape index (κ1) is 17.3. The Hall–Kier alpha value is -2.53. The van der Waals surface area contributed by atoms with Gasteiger partial charge in [0.2, 0.25) is 11.8 Å². The molecule has 0 aromatic heterocycles. The number of hydrogen-bond acceptors (Lipinski definition) is 3. The van der Waals surface area contributed by atoms with Crippen LogP contribution in [0.3, 0.4) is 0 Å². The normalized spacial score (nSPS) is 16.7. The molecular weight excluding hydrogens is 338 g/mol. The molecule has 1 atom stereocenters. The first-order chi connectivity index (χ1) is 12.0. The maximum Gasteiger partial charge on any atom is 0.246 e. The van der Waals surface area contributed by atoms with Gasteiger partial charge in [0.15, 0.2) is 0 Å². The third-order valence-corrected chi connectivity index (χ3v) is 4.49. The molecule has 2 aromatic rings. The summed E-state index contributed by atoms with van der Waals surface area (Å²) in [5.41, 5.74) is 3.21. The molecule has 6 heteroatoms. The van der Waals surface area contributed by atoms with Crippen LogP contribution in [0.2, 0.25) is 5.02 Å². The van der Waals surface area contributed by atoms with E-state index >= 15 is 0 Å². The second-order valence-corrected chi connectivity index (χ2v) is 6.63. The minimum absolute atomic E-state index is 0.0890. The molecule has 0 spiro atoms. The van der Waals surface area contributed by atoms with Crippen molar-refractivity contribution in [3.8, 4) is 0 Å². The van der Waals surface area contributed by atoms with Crippen molar-refractivity contribution in [2.24, 2.45) is 0 Å². The van der Waals surface area contributed by atoms with Crippen molar-refractivity contribution >= 4 is 40.5 Å². The number of nitrogens with one attached hydrogen (secondary N) is 2. The molecule has 25 heavy (non-hydrogen) atoms. The average Bonchev–Trinajstić information content (AvgIpc) is 2.69. The third kappa shape index (κ3) is 3.77. The number of halogens is 1. The molecule has 0 aliphatic carbocycles. The highest BCUT2D eigenvalue weighted by Crippen LogP contribution is 2.31. The molecule has 2 aromatic carbocycles. The van der Waals surface area contributed by atoms with Gasteiger partial charge in [-0.05, 0) is 43.7 Å². The number of amides is 2. The Balaban J connectivity index is 1.83. The highest BCUT2D eigenvalue weighted by molar-refractivity contribution is 6.30. The van der Waals surface area contributed by atoms with E-state index in [1.54, 1.807) is 17.0 Å². The lowest BCUT2D eigenvalue weighted by Crippen LogP contribution is -2.42. The summed E-state index contributed by atoms with van der Waals surface area (Å²) in [6.45, 7) is 3.95. The van der Waals surface area contributed by atoms with Gasteiger partial charge in [-0.2, -0.15) is 0 Å². The summed E-state index contributed by atoms with van der Waals surface area (Å²) in [5, 5.41) is 6.62. The summed E-state index contributed by atoms with van der Waals surface area (Å²) in [4.78, 5) is 26.6. The predicted octanol–water partition coefficient (Wildman–Crippen LogP) is 3.82. The van der Waals surface area contributed by atoms with Gasteiger partial charge in [0.25, 0.3) is 0 Å². The van der Waals surface area contributed by atoms with Gasteiger partial charge < -0.3 is 15.5 Å². The summed E-state index contributed by atoms with van der Waals surface area (Å²) >= 11 is 6.03. The quantitative estimate of drug-likeness (QED) is 0.877. The Labute approximate surface area is 152 Å². The lowest BCUT2D eigenvalue weighted by Gasteiger charge is -2.28. The second kappa shape index (κ2) is 7.15. The van der Waals surface area contributed by atoms with Crippen molar-refractivity contribution in [1.82, 2.24) is 0 Å². The summed E-state index contributed by atoms with van der Waals surface area (Å²) in [6.07, 6.45) is 0.261.